The number of para-hydroxylation sites is 1. The van der Waals surface area contributed by atoms with Gasteiger partial charge in [-0.1, -0.05) is 12.1 Å². The van der Waals surface area contributed by atoms with E-state index in [4.69, 9.17) is 9.68 Å². The molecule has 0 unspecified atom stereocenters. The average molecular weight is 224 g/mol. The van der Waals surface area contributed by atoms with Crippen LogP contribution >= 0.6 is 0 Å². The number of benzene rings is 1. The molecule has 0 aliphatic carbocycles. The number of aromatic nitrogens is 1. The van der Waals surface area contributed by atoms with Crippen LogP contribution in [0, 0.1) is 11.3 Å². The van der Waals surface area contributed by atoms with Gasteiger partial charge in [0.05, 0.1) is 5.52 Å². The van der Waals surface area contributed by atoms with E-state index in [2.05, 4.69) is 0 Å². The van der Waals surface area contributed by atoms with Crippen molar-refractivity contribution in [3.05, 3.63) is 46.2 Å². The normalized spacial score (nSPS) is 10.8. The Morgan fingerprint density at radius 1 is 1.35 bits per heavy atom. The number of nitrogens with zero attached hydrogens (tertiary/aromatic N) is 2. The number of furan rings is 1. The van der Waals surface area contributed by atoms with Gasteiger partial charge in [0.2, 0.25) is 5.43 Å². The molecule has 2 heterocycles. The van der Waals surface area contributed by atoms with E-state index in [9.17, 15) is 4.79 Å². The second-order valence-electron chi connectivity index (χ2n) is 3.84. The predicted molar refractivity (Wildman–Crippen MR) is 63.7 cm³/mol. The van der Waals surface area contributed by atoms with E-state index in [-0.39, 0.29) is 5.43 Å². The van der Waals surface area contributed by atoms with E-state index in [1.54, 1.807) is 17.7 Å². The fraction of sp³-hybridized carbons (Fsp3) is 0.0769. The molecular weight excluding hydrogens is 216 g/mol. The molecule has 0 aliphatic heterocycles. The summed E-state index contributed by atoms with van der Waals surface area (Å²) in [5.41, 5.74) is 1.70. The van der Waals surface area contributed by atoms with Crippen molar-refractivity contribution in [3.63, 3.8) is 0 Å². The number of fused-ring (bicyclic) bond motifs is 3. The summed E-state index contributed by atoms with van der Waals surface area (Å²) in [4.78, 5) is 11.8. The zero-order valence-electron chi connectivity index (χ0n) is 9.10. The minimum Gasteiger partial charge on any atom is -0.450 e. The van der Waals surface area contributed by atoms with Crippen LogP contribution in [-0.2, 0) is 7.05 Å². The van der Waals surface area contributed by atoms with E-state index >= 15 is 0 Å². The molecule has 1 aromatic carbocycles. The highest BCUT2D eigenvalue weighted by Crippen LogP contribution is 2.26. The van der Waals surface area contributed by atoms with Crippen LogP contribution in [0.4, 0.5) is 0 Å². The van der Waals surface area contributed by atoms with Crippen molar-refractivity contribution >= 4 is 22.1 Å². The summed E-state index contributed by atoms with van der Waals surface area (Å²) in [6, 6.07) is 10.7. The molecule has 0 aliphatic rings. The number of nitriles is 1. The molecule has 82 valence electrons. The molecule has 0 bridgehead atoms. The number of hydrogen-bond acceptors (Lipinski definition) is 3. The van der Waals surface area contributed by atoms with E-state index in [0.29, 0.717) is 22.4 Å². The molecule has 4 nitrogen and oxygen atoms in total. The first-order valence-electron chi connectivity index (χ1n) is 5.14. The van der Waals surface area contributed by atoms with Gasteiger partial charge in [-0.15, -0.1) is 0 Å². The molecule has 17 heavy (non-hydrogen) atoms. The van der Waals surface area contributed by atoms with E-state index in [1.807, 2.05) is 24.3 Å². The first-order chi connectivity index (χ1) is 8.22. The van der Waals surface area contributed by atoms with Crippen LogP contribution in [0.25, 0.3) is 22.1 Å². The molecule has 4 heteroatoms. The van der Waals surface area contributed by atoms with Gasteiger partial charge in [-0.3, -0.25) is 4.79 Å². The molecular formula is C13H8N2O2. The second-order valence-corrected chi connectivity index (χ2v) is 3.84. The van der Waals surface area contributed by atoms with Crippen LogP contribution in [0.1, 0.15) is 5.69 Å². The SMILES string of the molecule is Cn1c(C#N)cc(=O)c2oc3ccccc3c21. The Labute approximate surface area is 96.3 Å². The molecule has 0 N–H and O–H groups in total. The summed E-state index contributed by atoms with van der Waals surface area (Å²) in [6.07, 6.45) is 0. The smallest absolute Gasteiger partial charge is 0.226 e. The fourth-order valence-corrected chi connectivity index (χ4v) is 2.05. The van der Waals surface area contributed by atoms with Crippen LogP contribution in [0.15, 0.2) is 39.5 Å². The van der Waals surface area contributed by atoms with Gasteiger partial charge in [0.25, 0.3) is 0 Å². The van der Waals surface area contributed by atoms with Gasteiger partial charge >= 0.3 is 0 Å². The molecule has 0 atom stereocenters. The van der Waals surface area contributed by atoms with Gasteiger partial charge in [0.15, 0.2) is 5.58 Å². The third-order valence-corrected chi connectivity index (χ3v) is 2.87. The largest absolute Gasteiger partial charge is 0.450 e. The summed E-state index contributed by atoms with van der Waals surface area (Å²) in [5, 5.41) is 9.82. The number of hydrogen-bond donors (Lipinski definition) is 0. The Morgan fingerprint density at radius 2 is 2.12 bits per heavy atom. The molecule has 0 saturated carbocycles. The first kappa shape index (κ1) is 9.67. The minimum absolute atomic E-state index is 0.258. The quantitative estimate of drug-likeness (QED) is 0.587. The molecule has 0 fully saturated rings. The van der Waals surface area contributed by atoms with Crippen molar-refractivity contribution in [1.82, 2.24) is 4.57 Å². The maximum Gasteiger partial charge on any atom is 0.226 e. The van der Waals surface area contributed by atoms with Gasteiger partial charge < -0.3 is 8.98 Å². The number of pyridine rings is 1. The van der Waals surface area contributed by atoms with Gasteiger partial charge in [-0.05, 0) is 12.1 Å². The lowest BCUT2D eigenvalue weighted by atomic mass is 10.2. The topological polar surface area (TPSA) is 58.9 Å². The third-order valence-electron chi connectivity index (χ3n) is 2.87. The van der Waals surface area contributed by atoms with Crippen LogP contribution in [0.2, 0.25) is 0 Å². The first-order valence-corrected chi connectivity index (χ1v) is 5.14. The molecule has 2 aromatic heterocycles. The molecule has 0 saturated heterocycles. The molecule has 3 aromatic rings. The van der Waals surface area contributed by atoms with Crippen LogP contribution in [-0.4, -0.2) is 4.57 Å². The standard InChI is InChI=1S/C13H8N2O2/c1-15-8(7-14)6-10(16)13-12(15)9-4-2-3-5-11(9)17-13/h2-6H,1H3. The maximum atomic E-state index is 11.8. The van der Waals surface area contributed by atoms with Crippen molar-refractivity contribution in [1.29, 1.82) is 5.26 Å². The van der Waals surface area contributed by atoms with Gasteiger partial charge in [0.1, 0.15) is 17.3 Å². The molecule has 0 radical (unpaired) electrons. The van der Waals surface area contributed by atoms with Gasteiger partial charge in [-0.2, -0.15) is 5.26 Å². The Bertz CT molecular complexity index is 834. The summed E-state index contributed by atoms with van der Waals surface area (Å²) >= 11 is 0. The van der Waals surface area contributed by atoms with E-state index < -0.39 is 0 Å². The Hall–Kier alpha value is -2.54. The van der Waals surface area contributed by atoms with Crippen LogP contribution < -0.4 is 5.43 Å². The maximum absolute atomic E-state index is 11.8. The zero-order valence-corrected chi connectivity index (χ0v) is 9.10. The summed E-state index contributed by atoms with van der Waals surface area (Å²) in [5.74, 6) is 0. The zero-order chi connectivity index (χ0) is 12.0. The highest BCUT2D eigenvalue weighted by molar-refractivity contribution is 6.02. The highest BCUT2D eigenvalue weighted by atomic mass is 16.3. The minimum atomic E-state index is -0.258. The third kappa shape index (κ3) is 1.20. The van der Waals surface area contributed by atoms with Crippen molar-refractivity contribution in [3.8, 4) is 6.07 Å². The van der Waals surface area contributed by atoms with E-state index in [1.165, 1.54) is 6.07 Å². The molecule has 3 rings (SSSR count). The summed E-state index contributed by atoms with van der Waals surface area (Å²) < 4.78 is 7.20. The van der Waals surface area contributed by atoms with Crippen LogP contribution in [0.5, 0.6) is 0 Å². The average Bonchev–Trinajstić information content (AvgIpc) is 2.73. The lowest BCUT2D eigenvalue weighted by Gasteiger charge is -2.02. The van der Waals surface area contributed by atoms with E-state index in [0.717, 1.165) is 5.39 Å². The molecule has 0 amide bonds. The summed E-state index contributed by atoms with van der Waals surface area (Å²) in [7, 11) is 1.75. The Balaban J connectivity index is 2.69. The van der Waals surface area contributed by atoms with Crippen molar-refractivity contribution < 1.29 is 4.42 Å². The van der Waals surface area contributed by atoms with Crippen molar-refractivity contribution in [2.24, 2.45) is 7.05 Å². The van der Waals surface area contributed by atoms with Gasteiger partial charge in [0, 0.05) is 18.5 Å². The monoisotopic (exact) mass is 224 g/mol. The lowest BCUT2D eigenvalue weighted by molar-refractivity contribution is 0.662. The molecule has 0 spiro atoms. The van der Waals surface area contributed by atoms with Crippen LogP contribution in [0.3, 0.4) is 0 Å². The summed E-state index contributed by atoms with van der Waals surface area (Å²) in [6.45, 7) is 0. The number of aryl methyl sites for hydroxylation is 1. The fourth-order valence-electron chi connectivity index (χ4n) is 2.05. The van der Waals surface area contributed by atoms with Crippen molar-refractivity contribution in [2.45, 2.75) is 0 Å². The van der Waals surface area contributed by atoms with Crippen molar-refractivity contribution in [2.75, 3.05) is 0 Å². The van der Waals surface area contributed by atoms with Gasteiger partial charge in [-0.25, -0.2) is 0 Å². The Kier molecular flexibility index (Phi) is 1.83. The Morgan fingerprint density at radius 3 is 2.88 bits per heavy atom. The highest BCUT2D eigenvalue weighted by Gasteiger charge is 2.13. The lowest BCUT2D eigenvalue weighted by Crippen LogP contribution is -2.07. The predicted octanol–water partition coefficient (Wildman–Crippen LogP) is 2.16. The number of rotatable bonds is 0. The second kappa shape index (κ2) is 3.22.